The standard InChI is InChI=1S/C9H17NO2/c1-2-8-3-5-10(6-4-8)7-9(11)12/h8H,2-7H2,1H3,(H,11,12). The lowest BCUT2D eigenvalue weighted by atomic mass is 9.94. The number of hydrogen-bond acceptors (Lipinski definition) is 2. The Bertz CT molecular complexity index is 151. The van der Waals surface area contributed by atoms with Gasteiger partial charge in [0.1, 0.15) is 0 Å². The zero-order valence-electron chi connectivity index (χ0n) is 7.62. The third-order valence-electron chi connectivity index (χ3n) is 2.64. The Hall–Kier alpha value is -0.570. The van der Waals surface area contributed by atoms with Crippen LogP contribution in [0.2, 0.25) is 0 Å². The molecule has 3 heteroatoms. The van der Waals surface area contributed by atoms with Crippen molar-refractivity contribution in [2.45, 2.75) is 26.2 Å². The SMILES string of the molecule is CCC1CCN(CC(=O)O)CC1. The van der Waals surface area contributed by atoms with Crippen molar-refractivity contribution in [1.82, 2.24) is 4.90 Å². The Morgan fingerprint density at radius 1 is 1.50 bits per heavy atom. The summed E-state index contributed by atoms with van der Waals surface area (Å²) >= 11 is 0. The number of piperidine rings is 1. The second-order valence-electron chi connectivity index (χ2n) is 3.52. The first-order valence-electron chi connectivity index (χ1n) is 4.66. The van der Waals surface area contributed by atoms with Crippen molar-refractivity contribution in [2.24, 2.45) is 5.92 Å². The van der Waals surface area contributed by atoms with E-state index in [9.17, 15) is 4.79 Å². The van der Waals surface area contributed by atoms with Crippen molar-refractivity contribution >= 4 is 5.97 Å². The fourth-order valence-corrected chi connectivity index (χ4v) is 1.74. The van der Waals surface area contributed by atoms with E-state index in [1.165, 1.54) is 19.3 Å². The second kappa shape index (κ2) is 4.45. The summed E-state index contributed by atoms with van der Waals surface area (Å²) in [6.45, 7) is 4.35. The van der Waals surface area contributed by atoms with Crippen molar-refractivity contribution in [2.75, 3.05) is 19.6 Å². The highest BCUT2D eigenvalue weighted by Gasteiger charge is 2.18. The molecule has 1 aliphatic heterocycles. The van der Waals surface area contributed by atoms with Crippen molar-refractivity contribution in [3.8, 4) is 0 Å². The van der Waals surface area contributed by atoms with Gasteiger partial charge in [-0.05, 0) is 31.8 Å². The molecule has 0 radical (unpaired) electrons. The van der Waals surface area contributed by atoms with E-state index < -0.39 is 5.97 Å². The van der Waals surface area contributed by atoms with Crippen LogP contribution in [0, 0.1) is 5.92 Å². The average Bonchev–Trinajstić information content (AvgIpc) is 2.05. The fraction of sp³-hybridized carbons (Fsp3) is 0.889. The van der Waals surface area contributed by atoms with Crippen molar-refractivity contribution in [3.63, 3.8) is 0 Å². The Balaban J connectivity index is 2.21. The number of hydrogen-bond donors (Lipinski definition) is 1. The summed E-state index contributed by atoms with van der Waals surface area (Å²) in [6, 6.07) is 0. The summed E-state index contributed by atoms with van der Waals surface area (Å²) in [5.74, 6) is 0.125. The Morgan fingerprint density at radius 3 is 2.50 bits per heavy atom. The monoisotopic (exact) mass is 171 g/mol. The van der Waals surface area contributed by atoms with Gasteiger partial charge in [0.2, 0.25) is 0 Å². The maximum absolute atomic E-state index is 10.4. The van der Waals surface area contributed by atoms with E-state index in [0.717, 1.165) is 19.0 Å². The first-order chi connectivity index (χ1) is 5.72. The van der Waals surface area contributed by atoms with Gasteiger partial charge in [-0.3, -0.25) is 9.69 Å². The van der Waals surface area contributed by atoms with E-state index in [1.807, 2.05) is 4.90 Å². The van der Waals surface area contributed by atoms with Crippen molar-refractivity contribution in [1.29, 1.82) is 0 Å². The number of likely N-dealkylation sites (tertiary alicyclic amines) is 1. The Kier molecular flexibility index (Phi) is 3.53. The zero-order chi connectivity index (χ0) is 8.97. The molecule has 1 aliphatic rings. The summed E-state index contributed by atoms with van der Waals surface area (Å²) < 4.78 is 0. The van der Waals surface area contributed by atoms with Crippen molar-refractivity contribution in [3.05, 3.63) is 0 Å². The number of aliphatic carboxylic acids is 1. The first-order valence-corrected chi connectivity index (χ1v) is 4.66. The number of carboxylic acids is 1. The largest absolute Gasteiger partial charge is 0.480 e. The number of carboxylic acid groups (broad SMARTS) is 1. The molecule has 3 nitrogen and oxygen atoms in total. The first kappa shape index (κ1) is 9.52. The van der Waals surface area contributed by atoms with Gasteiger partial charge in [-0.15, -0.1) is 0 Å². The molecule has 0 amide bonds. The number of nitrogens with zero attached hydrogens (tertiary/aromatic N) is 1. The van der Waals surface area contributed by atoms with Crippen molar-refractivity contribution < 1.29 is 9.90 Å². The molecule has 0 aromatic carbocycles. The molecule has 0 bridgehead atoms. The number of rotatable bonds is 3. The highest BCUT2D eigenvalue weighted by Crippen LogP contribution is 2.19. The molecule has 70 valence electrons. The van der Waals surface area contributed by atoms with E-state index in [1.54, 1.807) is 0 Å². The smallest absolute Gasteiger partial charge is 0.317 e. The third-order valence-corrected chi connectivity index (χ3v) is 2.64. The van der Waals surface area contributed by atoms with Crippen LogP contribution in [0.1, 0.15) is 26.2 Å². The molecule has 1 N–H and O–H groups in total. The maximum atomic E-state index is 10.4. The molecule has 0 aliphatic carbocycles. The van der Waals surface area contributed by atoms with Crippen LogP contribution < -0.4 is 0 Å². The summed E-state index contributed by atoms with van der Waals surface area (Å²) in [5.41, 5.74) is 0. The quantitative estimate of drug-likeness (QED) is 0.693. The molecule has 12 heavy (non-hydrogen) atoms. The van der Waals surface area contributed by atoms with Crippen LogP contribution >= 0.6 is 0 Å². The van der Waals surface area contributed by atoms with Crippen LogP contribution in [0.4, 0.5) is 0 Å². The van der Waals surface area contributed by atoms with Gasteiger partial charge in [0.25, 0.3) is 0 Å². The minimum absolute atomic E-state index is 0.219. The van der Waals surface area contributed by atoms with Gasteiger partial charge >= 0.3 is 5.97 Å². The van der Waals surface area contributed by atoms with Gasteiger partial charge in [0, 0.05) is 0 Å². The Morgan fingerprint density at radius 2 is 2.08 bits per heavy atom. The van der Waals surface area contributed by atoms with Gasteiger partial charge in [0.05, 0.1) is 6.54 Å². The summed E-state index contributed by atoms with van der Waals surface area (Å²) in [4.78, 5) is 12.4. The lowest BCUT2D eigenvalue weighted by Crippen LogP contribution is -2.37. The van der Waals surface area contributed by atoms with E-state index >= 15 is 0 Å². The molecule has 0 unspecified atom stereocenters. The molecule has 1 fully saturated rings. The molecule has 1 heterocycles. The molecule has 0 saturated carbocycles. The summed E-state index contributed by atoms with van der Waals surface area (Å²) in [6.07, 6.45) is 3.58. The predicted molar refractivity (Wildman–Crippen MR) is 47.1 cm³/mol. The summed E-state index contributed by atoms with van der Waals surface area (Å²) in [7, 11) is 0. The van der Waals surface area contributed by atoms with Gasteiger partial charge in [-0.1, -0.05) is 13.3 Å². The van der Waals surface area contributed by atoms with Gasteiger partial charge < -0.3 is 5.11 Å². The van der Waals surface area contributed by atoms with Crippen LogP contribution in [0.15, 0.2) is 0 Å². The molecule has 1 rings (SSSR count). The minimum atomic E-state index is -0.704. The predicted octanol–water partition coefficient (Wildman–Crippen LogP) is 1.19. The highest BCUT2D eigenvalue weighted by molar-refractivity contribution is 5.69. The van der Waals surface area contributed by atoms with Crippen LogP contribution in [-0.4, -0.2) is 35.6 Å². The van der Waals surface area contributed by atoms with Gasteiger partial charge in [-0.25, -0.2) is 0 Å². The minimum Gasteiger partial charge on any atom is -0.480 e. The molecular formula is C9H17NO2. The topological polar surface area (TPSA) is 40.5 Å². The Labute approximate surface area is 73.4 Å². The summed E-state index contributed by atoms with van der Waals surface area (Å²) in [5, 5.41) is 8.55. The van der Waals surface area contributed by atoms with Crippen LogP contribution in [0.25, 0.3) is 0 Å². The third kappa shape index (κ3) is 2.81. The van der Waals surface area contributed by atoms with E-state index in [4.69, 9.17) is 5.11 Å². The lowest BCUT2D eigenvalue weighted by molar-refractivity contribution is -0.138. The van der Waals surface area contributed by atoms with E-state index in [0.29, 0.717) is 0 Å². The zero-order valence-corrected chi connectivity index (χ0v) is 7.62. The second-order valence-corrected chi connectivity index (χ2v) is 3.52. The molecule has 0 atom stereocenters. The van der Waals surface area contributed by atoms with E-state index in [-0.39, 0.29) is 6.54 Å². The molecule has 1 saturated heterocycles. The molecule has 0 spiro atoms. The molecule has 0 aromatic heterocycles. The van der Waals surface area contributed by atoms with Crippen LogP contribution in [0.5, 0.6) is 0 Å². The van der Waals surface area contributed by atoms with E-state index in [2.05, 4.69) is 6.92 Å². The molecule has 0 aromatic rings. The van der Waals surface area contributed by atoms with Crippen LogP contribution in [0.3, 0.4) is 0 Å². The van der Waals surface area contributed by atoms with Gasteiger partial charge in [0.15, 0.2) is 0 Å². The number of carbonyl (C=O) groups is 1. The fourth-order valence-electron chi connectivity index (χ4n) is 1.74. The van der Waals surface area contributed by atoms with Gasteiger partial charge in [-0.2, -0.15) is 0 Å². The lowest BCUT2D eigenvalue weighted by Gasteiger charge is -2.29. The molecular weight excluding hydrogens is 154 g/mol. The van der Waals surface area contributed by atoms with Crippen LogP contribution in [-0.2, 0) is 4.79 Å². The average molecular weight is 171 g/mol. The normalized spacial score (nSPS) is 21.1. The highest BCUT2D eigenvalue weighted by atomic mass is 16.4. The maximum Gasteiger partial charge on any atom is 0.317 e.